The Morgan fingerprint density at radius 3 is 2.62 bits per heavy atom. The van der Waals surface area contributed by atoms with Crippen LogP contribution in [0.4, 0.5) is 0 Å². The molecule has 0 radical (unpaired) electrons. The third-order valence-corrected chi connectivity index (χ3v) is 5.74. The molecule has 3 heterocycles. The Kier molecular flexibility index (Phi) is 6.34. The van der Waals surface area contributed by atoms with Crippen LogP contribution in [0.1, 0.15) is 11.8 Å². The molecule has 0 saturated carbocycles. The van der Waals surface area contributed by atoms with E-state index in [0.717, 1.165) is 33.3 Å². The number of aliphatic carboxylic acids is 1. The minimum absolute atomic E-state index is 0.105. The second kappa shape index (κ2) is 9.23. The first-order valence-corrected chi connectivity index (χ1v) is 10.3. The molecule has 1 aliphatic heterocycles. The number of hydrogen-bond donors (Lipinski definition) is 7. The van der Waals surface area contributed by atoms with Gasteiger partial charge in [-0.25, -0.2) is 9.59 Å². The normalized spacial score (nSPS) is 24.1. The number of rotatable bonds is 7. The average Bonchev–Trinajstić information content (AvgIpc) is 3.33. The first-order chi connectivity index (χ1) is 16.2. The molecule has 13 heteroatoms. The van der Waals surface area contributed by atoms with Crippen LogP contribution in [0.15, 0.2) is 52.3 Å². The van der Waals surface area contributed by atoms with Gasteiger partial charge < -0.3 is 36.1 Å². The van der Waals surface area contributed by atoms with E-state index in [9.17, 15) is 34.5 Å². The molecule has 1 saturated heterocycles. The summed E-state index contributed by atoms with van der Waals surface area (Å²) >= 11 is 0. The zero-order valence-electron chi connectivity index (χ0n) is 17.6. The van der Waals surface area contributed by atoms with Gasteiger partial charge >= 0.3 is 11.7 Å². The van der Waals surface area contributed by atoms with E-state index in [1.54, 1.807) is 6.20 Å². The number of hydrogen-bond acceptors (Lipinski definition) is 8. The van der Waals surface area contributed by atoms with Crippen molar-refractivity contribution in [3.05, 3.63) is 69.1 Å². The first kappa shape index (κ1) is 23.4. The molecular formula is C21H23N5O8. The molecule has 4 rings (SSSR count). The molecule has 1 aromatic carbocycles. The number of nitrogens with two attached hydrogens (primary N) is 1. The van der Waals surface area contributed by atoms with E-state index >= 15 is 0 Å². The number of nitrogens with zero attached hydrogens (tertiary/aromatic N) is 1. The number of nitrogens with one attached hydrogen (secondary N) is 3. The number of ether oxygens (including phenoxy) is 1. The van der Waals surface area contributed by atoms with Gasteiger partial charge in [0.25, 0.3) is 5.56 Å². The first-order valence-electron chi connectivity index (χ1n) is 10.3. The van der Waals surface area contributed by atoms with E-state index in [0.29, 0.717) is 0 Å². The lowest BCUT2D eigenvalue weighted by Gasteiger charge is -2.24. The lowest BCUT2D eigenvalue weighted by atomic mass is 10.0. The zero-order valence-corrected chi connectivity index (χ0v) is 17.6. The maximum atomic E-state index is 12.7. The molecule has 13 nitrogen and oxygen atoms in total. The minimum atomic E-state index is -1.78. The van der Waals surface area contributed by atoms with E-state index in [-0.39, 0.29) is 6.42 Å². The predicted octanol–water partition coefficient (Wildman–Crippen LogP) is -2.22. The molecular weight excluding hydrogens is 450 g/mol. The van der Waals surface area contributed by atoms with Crippen LogP contribution in [0, 0.1) is 0 Å². The number of aliphatic hydroxyl groups is 2. The molecule has 6 atom stereocenters. The molecule has 8 N–H and O–H groups in total. The molecule has 0 spiro atoms. The lowest BCUT2D eigenvalue weighted by molar-refractivity contribution is -0.149. The summed E-state index contributed by atoms with van der Waals surface area (Å²) in [6.07, 6.45) is -3.74. The Morgan fingerprint density at radius 2 is 1.91 bits per heavy atom. The van der Waals surface area contributed by atoms with Crippen molar-refractivity contribution in [3.8, 4) is 0 Å². The minimum Gasteiger partial charge on any atom is -0.480 e. The SMILES string of the molecule is N[C@@H](Cc1c[nH]c2ccccc12)C(=O)N[C@H](C(=O)O)C1O[C@@H](n2ccc(=O)[nH]c2=O)[C@H](O)[C@@H]1O. The van der Waals surface area contributed by atoms with E-state index < -0.39 is 59.7 Å². The van der Waals surface area contributed by atoms with Crippen molar-refractivity contribution in [2.75, 3.05) is 0 Å². The van der Waals surface area contributed by atoms with Gasteiger partial charge in [-0.1, -0.05) is 18.2 Å². The summed E-state index contributed by atoms with van der Waals surface area (Å²) in [7, 11) is 0. The molecule has 0 bridgehead atoms. The fourth-order valence-electron chi connectivity index (χ4n) is 3.99. The number of H-pyrrole nitrogens is 2. The fraction of sp³-hybridized carbons (Fsp3) is 0.333. The lowest BCUT2D eigenvalue weighted by Crippen LogP contribution is -2.56. The van der Waals surface area contributed by atoms with Gasteiger partial charge in [0.05, 0.1) is 6.04 Å². The predicted molar refractivity (Wildman–Crippen MR) is 117 cm³/mol. The van der Waals surface area contributed by atoms with E-state index in [4.69, 9.17) is 10.5 Å². The summed E-state index contributed by atoms with van der Waals surface area (Å²) < 4.78 is 6.26. The van der Waals surface area contributed by atoms with E-state index in [2.05, 4.69) is 10.3 Å². The van der Waals surface area contributed by atoms with Crippen molar-refractivity contribution < 1.29 is 29.6 Å². The van der Waals surface area contributed by atoms with Crippen LogP contribution in [0.25, 0.3) is 10.9 Å². The van der Waals surface area contributed by atoms with Gasteiger partial charge in [-0.3, -0.25) is 19.1 Å². The summed E-state index contributed by atoms with van der Waals surface area (Å²) in [5.74, 6) is -2.36. The second-order valence-electron chi connectivity index (χ2n) is 7.98. The summed E-state index contributed by atoms with van der Waals surface area (Å²) in [6.45, 7) is 0. The summed E-state index contributed by atoms with van der Waals surface area (Å²) in [5.41, 5.74) is 6.01. The van der Waals surface area contributed by atoms with Gasteiger partial charge in [0.15, 0.2) is 12.3 Å². The number of aromatic nitrogens is 3. The quantitative estimate of drug-likeness (QED) is 0.198. The molecule has 1 aliphatic rings. The number of carbonyl (C=O) groups is 2. The summed E-state index contributed by atoms with van der Waals surface area (Å²) in [4.78, 5) is 52.9. The molecule has 1 unspecified atom stereocenters. The summed E-state index contributed by atoms with van der Waals surface area (Å²) in [6, 6.07) is 5.49. The van der Waals surface area contributed by atoms with Crippen molar-refractivity contribution in [3.63, 3.8) is 0 Å². The molecule has 1 fully saturated rings. The van der Waals surface area contributed by atoms with Gasteiger partial charge in [0.1, 0.15) is 18.3 Å². The highest BCUT2D eigenvalue weighted by Crippen LogP contribution is 2.30. The standard InChI is InChI=1S/C21H23N5O8/c22-11(7-9-8-23-12-4-2-1-3-10(9)12)18(30)25-14(20(31)32)17-15(28)16(29)19(34-17)26-6-5-13(27)24-21(26)33/h1-6,8,11,14-17,19,23,28-29H,7,22H2,(H,25,30)(H,31,32)(H,24,27,33)/t11-,14-,15-,16+,17?,19+/m0/s1. The third-order valence-electron chi connectivity index (χ3n) is 5.74. The van der Waals surface area contributed by atoms with Gasteiger partial charge in [-0.2, -0.15) is 0 Å². The Bertz CT molecular complexity index is 1330. The monoisotopic (exact) mass is 473 g/mol. The fourth-order valence-corrected chi connectivity index (χ4v) is 3.99. The number of para-hydroxylation sites is 1. The molecule has 2 aromatic heterocycles. The van der Waals surface area contributed by atoms with Gasteiger partial charge in [-0.05, 0) is 18.1 Å². The Morgan fingerprint density at radius 1 is 1.18 bits per heavy atom. The van der Waals surface area contributed by atoms with Crippen molar-refractivity contribution in [1.82, 2.24) is 19.9 Å². The number of aliphatic hydroxyl groups excluding tert-OH is 2. The number of carbonyl (C=O) groups excluding carboxylic acids is 1. The molecule has 34 heavy (non-hydrogen) atoms. The van der Waals surface area contributed by atoms with Crippen molar-refractivity contribution in [2.45, 2.75) is 43.0 Å². The van der Waals surface area contributed by atoms with Gasteiger partial charge in [0, 0.05) is 29.4 Å². The highest BCUT2D eigenvalue weighted by Gasteiger charge is 2.50. The smallest absolute Gasteiger partial charge is 0.330 e. The number of carboxylic acid groups (broad SMARTS) is 1. The zero-order chi connectivity index (χ0) is 24.6. The average molecular weight is 473 g/mol. The highest BCUT2D eigenvalue weighted by atomic mass is 16.6. The van der Waals surface area contributed by atoms with Crippen LogP contribution in [-0.4, -0.2) is 72.1 Å². The third kappa shape index (κ3) is 4.36. The van der Waals surface area contributed by atoms with Crippen LogP contribution < -0.4 is 22.3 Å². The van der Waals surface area contributed by atoms with Crippen molar-refractivity contribution in [2.24, 2.45) is 5.73 Å². The summed E-state index contributed by atoms with van der Waals surface area (Å²) in [5, 5.41) is 33.6. The number of aromatic amines is 2. The Balaban J connectivity index is 1.50. The topological polar surface area (TPSA) is 213 Å². The highest BCUT2D eigenvalue weighted by molar-refractivity contribution is 5.89. The number of benzene rings is 1. The van der Waals surface area contributed by atoms with Crippen LogP contribution in [0.3, 0.4) is 0 Å². The molecule has 180 valence electrons. The van der Waals surface area contributed by atoms with Crippen LogP contribution in [0.5, 0.6) is 0 Å². The maximum Gasteiger partial charge on any atom is 0.330 e. The largest absolute Gasteiger partial charge is 0.480 e. The van der Waals surface area contributed by atoms with Crippen molar-refractivity contribution >= 4 is 22.8 Å². The van der Waals surface area contributed by atoms with E-state index in [1.807, 2.05) is 29.2 Å². The van der Waals surface area contributed by atoms with Gasteiger partial charge in [-0.15, -0.1) is 0 Å². The number of fused-ring (bicyclic) bond motifs is 1. The van der Waals surface area contributed by atoms with Crippen molar-refractivity contribution in [1.29, 1.82) is 0 Å². The van der Waals surface area contributed by atoms with Crippen LogP contribution >= 0.6 is 0 Å². The number of amides is 1. The van der Waals surface area contributed by atoms with Crippen LogP contribution in [-0.2, 0) is 20.7 Å². The Labute approximate surface area is 190 Å². The maximum absolute atomic E-state index is 12.7. The number of carboxylic acids is 1. The van der Waals surface area contributed by atoms with Gasteiger partial charge in [0.2, 0.25) is 5.91 Å². The van der Waals surface area contributed by atoms with E-state index in [1.165, 1.54) is 0 Å². The molecule has 0 aliphatic carbocycles. The molecule has 3 aromatic rings. The second-order valence-corrected chi connectivity index (χ2v) is 7.98. The van der Waals surface area contributed by atoms with Crippen LogP contribution in [0.2, 0.25) is 0 Å². The Hall–Kier alpha value is -3.78. The molecule has 1 amide bonds.